The van der Waals surface area contributed by atoms with Gasteiger partial charge in [-0.15, -0.1) is 0 Å². The van der Waals surface area contributed by atoms with Crippen molar-refractivity contribution in [2.45, 2.75) is 77.7 Å². The lowest BCUT2D eigenvalue weighted by Gasteiger charge is -2.06. The van der Waals surface area contributed by atoms with Gasteiger partial charge in [0.2, 0.25) is 0 Å². The molecule has 0 bridgehead atoms. The van der Waals surface area contributed by atoms with Crippen LogP contribution in [0.3, 0.4) is 0 Å². The van der Waals surface area contributed by atoms with Crippen LogP contribution in [0.1, 0.15) is 71.6 Å². The lowest BCUT2D eigenvalue weighted by atomic mass is 10.1. The van der Waals surface area contributed by atoms with Gasteiger partial charge in [0.25, 0.3) is 0 Å². The van der Waals surface area contributed by atoms with Crippen molar-refractivity contribution in [2.24, 2.45) is 0 Å². The van der Waals surface area contributed by atoms with Crippen molar-refractivity contribution in [3.63, 3.8) is 0 Å². The van der Waals surface area contributed by atoms with Crippen LogP contribution in [-0.4, -0.2) is 16.1 Å². The highest BCUT2D eigenvalue weighted by molar-refractivity contribution is 7.80. The smallest absolute Gasteiger partial charge is 0.0588 e. The number of aliphatic hydroxyl groups is 1. The summed E-state index contributed by atoms with van der Waals surface area (Å²) in [6.45, 7) is 4.04. The molecule has 2 heteroatoms. The molecule has 0 aromatic heterocycles. The number of allylic oxidation sites excluding steroid dienone is 12. The van der Waals surface area contributed by atoms with Gasteiger partial charge in [-0.25, -0.2) is 0 Å². The molecular weight excluding hydrogens is 348 g/mol. The first-order chi connectivity index (χ1) is 13.2. The summed E-state index contributed by atoms with van der Waals surface area (Å²) in [5, 5.41) is 9.71. The van der Waals surface area contributed by atoms with E-state index in [-0.39, 0.29) is 6.10 Å². The van der Waals surface area contributed by atoms with Crippen LogP contribution in [-0.2, 0) is 0 Å². The Morgan fingerprint density at radius 3 is 1.44 bits per heavy atom. The number of hydrogen-bond donors (Lipinski definition) is 1. The van der Waals surface area contributed by atoms with Crippen LogP contribution in [0.4, 0.5) is 0 Å². The summed E-state index contributed by atoms with van der Waals surface area (Å²) in [5.41, 5.74) is 0. The van der Waals surface area contributed by atoms with Crippen LogP contribution >= 0.6 is 12.2 Å². The summed E-state index contributed by atoms with van der Waals surface area (Å²) < 4.78 is 0. The minimum atomic E-state index is -0.291. The van der Waals surface area contributed by atoms with E-state index in [1.807, 2.05) is 6.92 Å². The maximum atomic E-state index is 9.71. The Morgan fingerprint density at radius 2 is 1.07 bits per heavy atom. The highest BCUT2D eigenvalue weighted by atomic mass is 32.1. The van der Waals surface area contributed by atoms with Gasteiger partial charge in [0.1, 0.15) is 0 Å². The molecule has 0 heterocycles. The molecule has 0 radical (unpaired) electrons. The zero-order chi connectivity index (χ0) is 20.0. The van der Waals surface area contributed by atoms with Gasteiger partial charge in [0, 0.05) is 6.42 Å². The standard InChI is InChI=1S/C25H38OS/c1-3-4-5-6-7-8-9-10-11-12-13-14-15-16-17-18-19-20-21-22-25(26)23-24(2)27/h4-5,7-8,10-11,13-14,16-17,19-20,25-26H,3,6,9,12,15,18,21-23H2,1-2H3. The maximum Gasteiger partial charge on any atom is 0.0588 e. The molecule has 1 nitrogen and oxygen atoms in total. The van der Waals surface area contributed by atoms with Crippen molar-refractivity contribution in [2.75, 3.05) is 0 Å². The number of rotatable bonds is 16. The van der Waals surface area contributed by atoms with E-state index in [0.29, 0.717) is 6.42 Å². The normalized spacial score (nSPS) is 14.2. The van der Waals surface area contributed by atoms with Crippen LogP contribution in [0.25, 0.3) is 0 Å². The SMILES string of the molecule is CCC=CCC=CCC=CCC=CCC=CCC=CCCC(O)CC(C)=S. The number of hydrogen-bond acceptors (Lipinski definition) is 2. The summed E-state index contributed by atoms with van der Waals surface area (Å²) in [4.78, 5) is 0.880. The van der Waals surface area contributed by atoms with E-state index in [0.717, 1.165) is 56.2 Å². The van der Waals surface area contributed by atoms with Crippen LogP contribution in [0.15, 0.2) is 72.9 Å². The Morgan fingerprint density at radius 1 is 0.704 bits per heavy atom. The summed E-state index contributed by atoms with van der Waals surface area (Å²) in [5.74, 6) is 0. The van der Waals surface area contributed by atoms with E-state index in [4.69, 9.17) is 12.2 Å². The molecule has 0 saturated carbocycles. The van der Waals surface area contributed by atoms with E-state index in [2.05, 4.69) is 79.8 Å². The van der Waals surface area contributed by atoms with Gasteiger partial charge in [-0.1, -0.05) is 92.1 Å². The largest absolute Gasteiger partial charge is 0.393 e. The molecule has 0 aliphatic heterocycles. The molecule has 0 aromatic carbocycles. The zero-order valence-electron chi connectivity index (χ0n) is 17.2. The van der Waals surface area contributed by atoms with Crippen LogP contribution in [0, 0.1) is 0 Å². The van der Waals surface area contributed by atoms with Gasteiger partial charge in [-0.2, -0.15) is 0 Å². The van der Waals surface area contributed by atoms with Crippen molar-refractivity contribution < 1.29 is 5.11 Å². The Balaban J connectivity index is 3.57. The van der Waals surface area contributed by atoms with Crippen LogP contribution in [0.5, 0.6) is 0 Å². The fraction of sp³-hybridized carbons (Fsp3) is 0.480. The minimum absolute atomic E-state index is 0.291. The minimum Gasteiger partial charge on any atom is -0.393 e. The van der Waals surface area contributed by atoms with Crippen molar-refractivity contribution in [1.82, 2.24) is 0 Å². The molecule has 1 atom stereocenters. The lowest BCUT2D eigenvalue weighted by Crippen LogP contribution is -2.09. The third-order valence-corrected chi connectivity index (χ3v) is 3.95. The van der Waals surface area contributed by atoms with Gasteiger partial charge in [-0.3, -0.25) is 0 Å². The van der Waals surface area contributed by atoms with Crippen molar-refractivity contribution in [3.8, 4) is 0 Å². The van der Waals surface area contributed by atoms with Crippen molar-refractivity contribution in [3.05, 3.63) is 72.9 Å². The van der Waals surface area contributed by atoms with E-state index >= 15 is 0 Å². The molecular formula is C25H38OS. The summed E-state index contributed by atoms with van der Waals surface area (Å²) in [7, 11) is 0. The quantitative estimate of drug-likeness (QED) is 0.218. The molecule has 150 valence electrons. The molecule has 1 N–H and O–H groups in total. The molecule has 0 aliphatic rings. The second-order valence-electron chi connectivity index (χ2n) is 6.55. The maximum absolute atomic E-state index is 9.71. The molecule has 0 aromatic rings. The Hall–Kier alpha value is -1.51. The van der Waals surface area contributed by atoms with E-state index in [1.54, 1.807) is 0 Å². The van der Waals surface area contributed by atoms with Gasteiger partial charge in [0.15, 0.2) is 0 Å². The lowest BCUT2D eigenvalue weighted by molar-refractivity contribution is 0.174. The third kappa shape index (κ3) is 22.4. The Bertz CT molecular complexity index is 520. The predicted octanol–water partition coefficient (Wildman–Crippen LogP) is 7.61. The molecule has 0 rings (SSSR count). The average Bonchev–Trinajstić information content (AvgIpc) is 2.63. The monoisotopic (exact) mass is 386 g/mol. The fourth-order valence-corrected chi connectivity index (χ4v) is 2.55. The van der Waals surface area contributed by atoms with Crippen molar-refractivity contribution in [1.29, 1.82) is 0 Å². The van der Waals surface area contributed by atoms with Gasteiger partial charge >= 0.3 is 0 Å². The highest BCUT2D eigenvalue weighted by Gasteiger charge is 2.02. The van der Waals surface area contributed by atoms with Gasteiger partial charge in [-0.05, 0) is 63.2 Å². The first kappa shape index (κ1) is 25.5. The molecule has 0 amide bonds. The highest BCUT2D eigenvalue weighted by Crippen LogP contribution is 2.04. The van der Waals surface area contributed by atoms with Crippen molar-refractivity contribution >= 4 is 17.1 Å². The van der Waals surface area contributed by atoms with E-state index in [1.165, 1.54) is 0 Å². The molecule has 0 fully saturated rings. The summed E-state index contributed by atoms with van der Waals surface area (Å²) >= 11 is 5.00. The second kappa shape index (κ2) is 20.8. The Labute approximate surface area is 173 Å². The predicted molar refractivity (Wildman–Crippen MR) is 126 cm³/mol. The molecule has 0 saturated heterocycles. The number of thiocarbonyl (C=S) groups is 1. The van der Waals surface area contributed by atoms with E-state index < -0.39 is 0 Å². The first-order valence-electron chi connectivity index (χ1n) is 10.2. The number of aliphatic hydroxyl groups excluding tert-OH is 1. The summed E-state index contributed by atoms with van der Waals surface area (Å²) in [6, 6.07) is 0. The summed E-state index contributed by atoms with van der Waals surface area (Å²) in [6.07, 6.45) is 34.5. The molecule has 0 aliphatic carbocycles. The molecule has 1 unspecified atom stereocenters. The topological polar surface area (TPSA) is 20.2 Å². The molecule has 0 spiro atoms. The Kier molecular flexibility index (Phi) is 19.6. The van der Waals surface area contributed by atoms with E-state index in [9.17, 15) is 5.11 Å². The second-order valence-corrected chi connectivity index (χ2v) is 7.25. The van der Waals surface area contributed by atoms with Crippen LogP contribution < -0.4 is 0 Å². The first-order valence-corrected chi connectivity index (χ1v) is 10.6. The van der Waals surface area contributed by atoms with Gasteiger partial charge in [0.05, 0.1) is 6.10 Å². The molecule has 27 heavy (non-hydrogen) atoms. The van der Waals surface area contributed by atoms with Crippen LogP contribution in [0.2, 0.25) is 0 Å². The third-order valence-electron chi connectivity index (χ3n) is 3.79. The fourth-order valence-electron chi connectivity index (χ4n) is 2.36. The van der Waals surface area contributed by atoms with Gasteiger partial charge < -0.3 is 5.11 Å². The average molecular weight is 387 g/mol. The zero-order valence-corrected chi connectivity index (χ0v) is 18.0.